The van der Waals surface area contributed by atoms with Gasteiger partial charge in [0.15, 0.2) is 0 Å². The minimum atomic E-state index is -0.620. The Morgan fingerprint density at radius 3 is 2.66 bits per heavy atom. The number of amides is 1. The van der Waals surface area contributed by atoms with E-state index >= 15 is 0 Å². The van der Waals surface area contributed by atoms with Gasteiger partial charge in [-0.25, -0.2) is 4.39 Å². The summed E-state index contributed by atoms with van der Waals surface area (Å²) in [5.41, 5.74) is 7.59. The normalized spacial score (nSPS) is 25.9. The van der Waals surface area contributed by atoms with E-state index in [1.54, 1.807) is 12.3 Å². The van der Waals surface area contributed by atoms with Gasteiger partial charge < -0.3 is 20.9 Å². The molecule has 1 amide bonds. The van der Waals surface area contributed by atoms with Crippen LogP contribution < -0.4 is 11.1 Å². The second kappa shape index (κ2) is 10.6. The number of hydrogen-bond acceptors (Lipinski definition) is 6. The molecule has 1 saturated heterocycles. The van der Waals surface area contributed by atoms with Crippen molar-refractivity contribution < 1.29 is 19.0 Å². The first-order valence-corrected chi connectivity index (χ1v) is 11.7. The quantitative estimate of drug-likeness (QED) is 0.627. The van der Waals surface area contributed by atoms with Crippen molar-refractivity contribution in [3.8, 4) is 0 Å². The van der Waals surface area contributed by atoms with E-state index < -0.39 is 23.9 Å². The van der Waals surface area contributed by atoms with Crippen molar-refractivity contribution in [3.63, 3.8) is 0 Å². The van der Waals surface area contributed by atoms with Crippen molar-refractivity contribution >= 4 is 17.8 Å². The zero-order valence-corrected chi connectivity index (χ0v) is 18.4. The molecule has 2 heterocycles. The predicted octanol–water partition coefficient (Wildman–Crippen LogP) is 2.77. The van der Waals surface area contributed by atoms with Crippen molar-refractivity contribution in [2.24, 2.45) is 27.6 Å². The summed E-state index contributed by atoms with van der Waals surface area (Å²) in [6, 6.07) is 3.67. The van der Waals surface area contributed by atoms with Gasteiger partial charge in [0.25, 0.3) is 5.91 Å². The number of hydrogen-bond donors (Lipinski definition) is 3. The topological polar surface area (TPSA) is 109 Å². The summed E-state index contributed by atoms with van der Waals surface area (Å²) >= 11 is 0. The Balaban J connectivity index is 1.47. The van der Waals surface area contributed by atoms with Gasteiger partial charge in [0.2, 0.25) is 0 Å². The standard InChI is InChI=1S/C24H33FN4O3/c25-19-12-17(22-23(26)27-13-20(28-22)16-8-10-32-11-9-16)6-7-18(19)24(31)29-21(14-30)15-4-2-1-3-5-15/h6-7,12-13,15-16,21-23,30H,1-5,8-11,14,26H2,(H,29,31)/t21-,22?,23?/m1/s1. The number of ether oxygens (including phenoxy) is 1. The predicted molar refractivity (Wildman–Crippen MR) is 122 cm³/mol. The van der Waals surface area contributed by atoms with Gasteiger partial charge in [-0.1, -0.05) is 25.3 Å². The highest BCUT2D eigenvalue weighted by atomic mass is 19.1. The Morgan fingerprint density at radius 2 is 1.97 bits per heavy atom. The Morgan fingerprint density at radius 1 is 1.22 bits per heavy atom. The van der Waals surface area contributed by atoms with Crippen LogP contribution in [0.15, 0.2) is 28.2 Å². The first kappa shape index (κ1) is 23.0. The summed E-state index contributed by atoms with van der Waals surface area (Å²) in [5.74, 6) is -0.621. The molecule has 4 N–H and O–H groups in total. The molecule has 0 spiro atoms. The number of aliphatic hydroxyl groups is 1. The Labute approximate surface area is 188 Å². The van der Waals surface area contributed by atoms with E-state index in [0.29, 0.717) is 18.8 Å². The smallest absolute Gasteiger partial charge is 0.254 e. The number of aliphatic imine (C=N–C) groups is 2. The highest BCUT2D eigenvalue weighted by Crippen LogP contribution is 2.29. The lowest BCUT2D eigenvalue weighted by atomic mass is 9.84. The molecule has 0 bridgehead atoms. The average Bonchev–Trinajstić information content (AvgIpc) is 2.83. The van der Waals surface area contributed by atoms with E-state index in [9.17, 15) is 14.3 Å². The van der Waals surface area contributed by atoms with Crippen LogP contribution in [0.2, 0.25) is 0 Å². The average molecular weight is 445 g/mol. The van der Waals surface area contributed by atoms with Gasteiger partial charge in [-0.3, -0.25) is 14.8 Å². The number of aliphatic hydroxyl groups excluding tert-OH is 1. The molecule has 8 heteroatoms. The molecule has 1 aromatic carbocycles. The van der Waals surface area contributed by atoms with Crippen molar-refractivity contribution in [2.45, 2.75) is 63.2 Å². The number of halogens is 1. The lowest BCUT2D eigenvalue weighted by Crippen LogP contribution is -2.43. The number of nitrogens with two attached hydrogens (primary N) is 1. The van der Waals surface area contributed by atoms with Gasteiger partial charge in [0.1, 0.15) is 18.0 Å². The molecule has 7 nitrogen and oxygen atoms in total. The van der Waals surface area contributed by atoms with Gasteiger partial charge >= 0.3 is 0 Å². The molecule has 0 radical (unpaired) electrons. The molecule has 174 valence electrons. The van der Waals surface area contributed by atoms with E-state index in [4.69, 9.17) is 15.5 Å². The minimum absolute atomic E-state index is 0.0375. The second-order valence-electron chi connectivity index (χ2n) is 9.05. The van der Waals surface area contributed by atoms with E-state index in [0.717, 1.165) is 44.2 Å². The van der Waals surface area contributed by atoms with Crippen LogP contribution in [0.1, 0.15) is 66.9 Å². The molecule has 32 heavy (non-hydrogen) atoms. The summed E-state index contributed by atoms with van der Waals surface area (Å²) in [4.78, 5) is 21.9. The number of benzene rings is 1. The molecule has 3 atom stereocenters. The highest BCUT2D eigenvalue weighted by Gasteiger charge is 2.29. The molecule has 2 unspecified atom stereocenters. The number of carbonyl (C=O) groups is 1. The number of carbonyl (C=O) groups excluding carboxylic acids is 1. The molecule has 4 rings (SSSR count). The monoisotopic (exact) mass is 444 g/mol. The molecular weight excluding hydrogens is 411 g/mol. The molecular formula is C24H33FN4O3. The fourth-order valence-corrected chi connectivity index (χ4v) is 4.98. The number of nitrogens with one attached hydrogen (secondary N) is 1. The van der Waals surface area contributed by atoms with Gasteiger partial charge in [-0.15, -0.1) is 0 Å². The first-order chi connectivity index (χ1) is 15.6. The van der Waals surface area contributed by atoms with Crippen molar-refractivity contribution in [1.82, 2.24) is 5.32 Å². The third-order valence-electron chi connectivity index (χ3n) is 6.94. The first-order valence-electron chi connectivity index (χ1n) is 11.7. The molecule has 2 aliphatic heterocycles. The van der Waals surface area contributed by atoms with E-state index in [-0.39, 0.29) is 30.0 Å². The maximum atomic E-state index is 15.0. The summed E-state index contributed by atoms with van der Waals surface area (Å²) in [6.07, 6.45) is 8.23. The summed E-state index contributed by atoms with van der Waals surface area (Å²) in [7, 11) is 0. The fourth-order valence-electron chi connectivity index (χ4n) is 4.98. The lowest BCUT2D eigenvalue weighted by molar-refractivity contribution is 0.0831. The van der Waals surface area contributed by atoms with Crippen LogP contribution in [0.25, 0.3) is 0 Å². The van der Waals surface area contributed by atoms with Crippen LogP contribution in [0.3, 0.4) is 0 Å². The van der Waals surface area contributed by atoms with Crippen LogP contribution in [0.4, 0.5) is 4.39 Å². The van der Waals surface area contributed by atoms with Crippen LogP contribution in [0, 0.1) is 17.7 Å². The van der Waals surface area contributed by atoms with Crippen molar-refractivity contribution in [3.05, 3.63) is 35.1 Å². The molecule has 0 aromatic heterocycles. The zero-order chi connectivity index (χ0) is 22.5. The number of rotatable bonds is 6. The van der Waals surface area contributed by atoms with Crippen LogP contribution in [0.5, 0.6) is 0 Å². The summed E-state index contributed by atoms with van der Waals surface area (Å²) in [6.45, 7) is 1.25. The van der Waals surface area contributed by atoms with Crippen LogP contribution >= 0.6 is 0 Å². The Kier molecular flexibility index (Phi) is 7.65. The van der Waals surface area contributed by atoms with Gasteiger partial charge in [-0.05, 0) is 49.3 Å². The molecule has 2 fully saturated rings. The summed E-state index contributed by atoms with van der Waals surface area (Å²) in [5, 5.41) is 12.6. The molecule has 3 aliphatic rings. The third-order valence-corrected chi connectivity index (χ3v) is 6.94. The van der Waals surface area contributed by atoms with Crippen molar-refractivity contribution in [2.75, 3.05) is 19.8 Å². The largest absolute Gasteiger partial charge is 0.394 e. The SMILES string of the molecule is NC1N=CC(C2CCOCC2)=NC1c1ccc(C(=O)N[C@H](CO)C2CCCCC2)c(F)c1. The zero-order valence-electron chi connectivity index (χ0n) is 18.4. The van der Waals surface area contributed by atoms with E-state index in [2.05, 4.69) is 10.3 Å². The fraction of sp³-hybridized carbons (Fsp3) is 0.625. The minimum Gasteiger partial charge on any atom is -0.394 e. The molecule has 1 aromatic rings. The van der Waals surface area contributed by atoms with Gasteiger partial charge in [-0.2, -0.15) is 0 Å². The van der Waals surface area contributed by atoms with E-state index in [1.807, 2.05) is 0 Å². The second-order valence-corrected chi connectivity index (χ2v) is 9.05. The lowest BCUT2D eigenvalue weighted by Gasteiger charge is -2.30. The summed E-state index contributed by atoms with van der Waals surface area (Å²) < 4.78 is 20.4. The number of nitrogens with zero attached hydrogens (tertiary/aromatic N) is 2. The van der Waals surface area contributed by atoms with Crippen molar-refractivity contribution in [1.29, 1.82) is 0 Å². The maximum Gasteiger partial charge on any atom is 0.254 e. The molecule has 1 saturated carbocycles. The van der Waals surface area contributed by atoms with E-state index in [1.165, 1.54) is 18.6 Å². The van der Waals surface area contributed by atoms with Crippen LogP contribution in [-0.4, -0.2) is 55.0 Å². The Hall–Kier alpha value is -2.16. The maximum absolute atomic E-state index is 15.0. The van der Waals surface area contributed by atoms with Gasteiger partial charge in [0, 0.05) is 25.3 Å². The molecule has 1 aliphatic carbocycles. The van der Waals surface area contributed by atoms with Gasteiger partial charge in [0.05, 0.1) is 23.9 Å². The van der Waals surface area contributed by atoms with Crippen LogP contribution in [-0.2, 0) is 4.74 Å². The Bertz CT molecular complexity index is 863. The highest BCUT2D eigenvalue weighted by molar-refractivity contribution is 6.32. The third kappa shape index (κ3) is 5.24.